The molecule has 3 rings (SSSR count). The zero-order valence-corrected chi connectivity index (χ0v) is 21.6. The highest BCUT2D eigenvalue weighted by atomic mass is 32.1. The molecule has 1 aliphatic rings. The fraction of sp³-hybridized carbons (Fsp3) is 0.542. The number of aryl methyl sites for hydroxylation is 1. The first-order valence-corrected chi connectivity index (χ1v) is 12.8. The smallest absolute Gasteiger partial charge is 0.319 e. The lowest BCUT2D eigenvalue weighted by molar-refractivity contribution is 0.0996. The van der Waals surface area contributed by atoms with E-state index in [0.717, 1.165) is 69.9 Å². The number of nitrogens with two attached hydrogens (primary N) is 1. The first-order valence-electron chi connectivity index (χ1n) is 12.1. The van der Waals surface area contributed by atoms with Crippen LogP contribution in [0.25, 0.3) is 0 Å². The Labute approximate surface area is 214 Å². The molecule has 198 valence electrons. The number of piperazine rings is 1. The molecule has 0 spiro atoms. The lowest BCUT2D eigenvalue weighted by atomic mass is 10.1. The lowest BCUT2D eigenvalue weighted by Gasteiger charge is -2.32. The number of carbonyl (C=O) groups excluding carboxylic acids is 2. The Morgan fingerprint density at radius 1 is 1.11 bits per heavy atom. The van der Waals surface area contributed by atoms with Gasteiger partial charge in [0.15, 0.2) is 0 Å². The minimum absolute atomic E-state index is 0.104. The molecule has 4 N–H and O–H groups in total. The SMILES string of the molecule is Cc1cc(F)c(COc2nsc(NC(=O)NCCCCCCN3CCN(C)CC3)c2C(N)=O)c(F)c1. The third-order valence-electron chi connectivity index (χ3n) is 6.06. The number of hydrogen-bond acceptors (Lipinski definition) is 7. The summed E-state index contributed by atoms with van der Waals surface area (Å²) in [6.07, 6.45) is 4.08. The third-order valence-corrected chi connectivity index (χ3v) is 6.80. The molecular formula is C24H34F2N6O3S. The Kier molecular flexibility index (Phi) is 10.4. The molecule has 12 heteroatoms. The highest BCUT2D eigenvalue weighted by molar-refractivity contribution is 7.11. The van der Waals surface area contributed by atoms with Crippen LogP contribution in [0.15, 0.2) is 12.1 Å². The maximum absolute atomic E-state index is 14.1. The Morgan fingerprint density at radius 3 is 2.44 bits per heavy atom. The van der Waals surface area contributed by atoms with Crippen molar-refractivity contribution in [2.24, 2.45) is 5.73 Å². The van der Waals surface area contributed by atoms with Gasteiger partial charge in [-0.25, -0.2) is 13.6 Å². The fourth-order valence-electron chi connectivity index (χ4n) is 3.92. The summed E-state index contributed by atoms with van der Waals surface area (Å²) in [5.74, 6) is -2.59. The van der Waals surface area contributed by atoms with Crippen LogP contribution in [0, 0.1) is 18.6 Å². The molecule has 1 saturated heterocycles. The van der Waals surface area contributed by atoms with Crippen molar-refractivity contribution in [1.29, 1.82) is 0 Å². The molecule has 1 fully saturated rings. The number of anilines is 1. The average Bonchev–Trinajstić information content (AvgIpc) is 3.21. The Morgan fingerprint density at radius 2 is 1.78 bits per heavy atom. The molecule has 0 unspecified atom stereocenters. The van der Waals surface area contributed by atoms with Gasteiger partial charge in [0, 0.05) is 32.7 Å². The molecule has 0 atom stereocenters. The van der Waals surface area contributed by atoms with Crippen molar-refractivity contribution >= 4 is 28.5 Å². The number of aromatic nitrogens is 1. The van der Waals surface area contributed by atoms with E-state index < -0.39 is 30.2 Å². The average molecular weight is 525 g/mol. The number of hydrogen-bond donors (Lipinski definition) is 3. The molecule has 9 nitrogen and oxygen atoms in total. The van der Waals surface area contributed by atoms with Gasteiger partial charge in [-0.05, 0) is 62.6 Å². The molecule has 2 heterocycles. The molecule has 0 saturated carbocycles. The largest absolute Gasteiger partial charge is 0.471 e. The summed E-state index contributed by atoms with van der Waals surface area (Å²) in [7, 11) is 2.15. The predicted octanol–water partition coefficient (Wildman–Crippen LogP) is 3.34. The van der Waals surface area contributed by atoms with Crippen LogP contribution in [0.1, 0.15) is 47.2 Å². The molecule has 0 bridgehead atoms. The first-order chi connectivity index (χ1) is 17.2. The number of halogens is 2. The van der Waals surface area contributed by atoms with Crippen LogP contribution < -0.4 is 21.1 Å². The van der Waals surface area contributed by atoms with E-state index in [0.29, 0.717) is 12.1 Å². The molecule has 1 aromatic heterocycles. The number of benzene rings is 1. The molecule has 36 heavy (non-hydrogen) atoms. The number of carbonyl (C=O) groups is 2. The lowest BCUT2D eigenvalue weighted by Crippen LogP contribution is -2.44. The Hall–Kier alpha value is -2.83. The highest BCUT2D eigenvalue weighted by Crippen LogP contribution is 2.31. The molecule has 1 aromatic carbocycles. The van der Waals surface area contributed by atoms with Crippen molar-refractivity contribution in [1.82, 2.24) is 19.5 Å². The van der Waals surface area contributed by atoms with Crippen LogP contribution in [0.2, 0.25) is 0 Å². The first kappa shape index (κ1) is 27.8. The quantitative estimate of drug-likeness (QED) is 0.367. The van der Waals surface area contributed by atoms with Crippen molar-refractivity contribution in [2.75, 3.05) is 51.6 Å². The van der Waals surface area contributed by atoms with Crippen LogP contribution in [0.4, 0.5) is 18.6 Å². The van der Waals surface area contributed by atoms with Crippen molar-refractivity contribution in [3.63, 3.8) is 0 Å². The highest BCUT2D eigenvalue weighted by Gasteiger charge is 2.23. The van der Waals surface area contributed by atoms with Crippen molar-refractivity contribution in [3.8, 4) is 5.88 Å². The van der Waals surface area contributed by atoms with Gasteiger partial charge in [0.25, 0.3) is 5.91 Å². The summed E-state index contributed by atoms with van der Waals surface area (Å²) < 4.78 is 37.5. The summed E-state index contributed by atoms with van der Waals surface area (Å²) in [6.45, 7) is 7.16. The molecule has 1 aliphatic heterocycles. The molecular weight excluding hydrogens is 490 g/mol. The Bertz CT molecular complexity index is 1020. The normalized spacial score (nSPS) is 14.6. The van der Waals surface area contributed by atoms with Gasteiger partial charge in [0.2, 0.25) is 5.88 Å². The van der Waals surface area contributed by atoms with E-state index in [2.05, 4.69) is 31.9 Å². The van der Waals surface area contributed by atoms with E-state index in [4.69, 9.17) is 10.5 Å². The van der Waals surface area contributed by atoms with Crippen LogP contribution in [0.3, 0.4) is 0 Å². The summed E-state index contributed by atoms with van der Waals surface area (Å²) in [6, 6.07) is 1.87. The maximum atomic E-state index is 14.1. The van der Waals surface area contributed by atoms with Crippen molar-refractivity contribution in [2.45, 2.75) is 39.2 Å². The van der Waals surface area contributed by atoms with Crippen molar-refractivity contribution < 1.29 is 23.1 Å². The summed E-state index contributed by atoms with van der Waals surface area (Å²) in [4.78, 5) is 29.1. The number of primary amides is 1. The summed E-state index contributed by atoms with van der Waals surface area (Å²) in [5.41, 5.74) is 5.43. The topological polar surface area (TPSA) is 113 Å². The molecule has 0 aliphatic carbocycles. The minimum Gasteiger partial charge on any atom is -0.471 e. The summed E-state index contributed by atoms with van der Waals surface area (Å²) >= 11 is 0.800. The van der Waals surface area contributed by atoms with Crippen LogP contribution in [0.5, 0.6) is 5.88 Å². The van der Waals surface area contributed by atoms with Gasteiger partial charge in [-0.15, -0.1) is 0 Å². The summed E-state index contributed by atoms with van der Waals surface area (Å²) in [5, 5.41) is 5.41. The van der Waals surface area contributed by atoms with E-state index in [1.54, 1.807) is 6.92 Å². The fourth-order valence-corrected chi connectivity index (χ4v) is 4.66. The number of unbranched alkanes of at least 4 members (excludes halogenated alkanes) is 3. The second-order valence-electron chi connectivity index (χ2n) is 8.99. The predicted molar refractivity (Wildman–Crippen MR) is 135 cm³/mol. The second-order valence-corrected chi connectivity index (χ2v) is 9.77. The van der Waals surface area contributed by atoms with Crippen LogP contribution in [-0.4, -0.2) is 72.4 Å². The molecule has 3 amide bonds. The molecule has 0 radical (unpaired) electrons. The van der Waals surface area contributed by atoms with E-state index in [-0.39, 0.29) is 22.0 Å². The van der Waals surface area contributed by atoms with Gasteiger partial charge in [0.1, 0.15) is 28.8 Å². The van der Waals surface area contributed by atoms with Crippen LogP contribution in [-0.2, 0) is 6.61 Å². The second kappa shape index (κ2) is 13.5. The van der Waals surface area contributed by atoms with Gasteiger partial charge in [-0.2, -0.15) is 4.37 Å². The maximum Gasteiger partial charge on any atom is 0.319 e. The van der Waals surface area contributed by atoms with E-state index >= 15 is 0 Å². The van der Waals surface area contributed by atoms with E-state index in [1.807, 2.05) is 0 Å². The van der Waals surface area contributed by atoms with E-state index in [1.165, 1.54) is 12.1 Å². The van der Waals surface area contributed by atoms with Crippen LogP contribution >= 0.6 is 11.5 Å². The third kappa shape index (κ3) is 8.10. The zero-order chi connectivity index (χ0) is 26.1. The van der Waals surface area contributed by atoms with Gasteiger partial charge in [-0.1, -0.05) is 12.8 Å². The minimum atomic E-state index is -0.876. The van der Waals surface area contributed by atoms with Gasteiger partial charge in [0.05, 0.1) is 5.56 Å². The number of nitrogens with one attached hydrogen (secondary N) is 2. The van der Waals surface area contributed by atoms with Gasteiger partial charge in [-0.3, -0.25) is 10.1 Å². The van der Waals surface area contributed by atoms with Crippen molar-refractivity contribution in [3.05, 3.63) is 40.5 Å². The monoisotopic (exact) mass is 524 g/mol. The number of likely N-dealkylation sites (N-methyl/N-ethyl adjacent to an activating group) is 1. The standard InChI is InChI=1S/C24H34F2N6O3S/c1-16-13-18(25)17(19(26)14-16)15-35-22-20(21(27)33)23(36-30-22)29-24(34)28-7-5-3-4-6-8-32-11-9-31(2)10-12-32/h13-14H,3-12,15H2,1-2H3,(H2,27,33)(H2,28,29,34). The molecule has 2 aromatic rings. The van der Waals surface area contributed by atoms with Gasteiger partial charge < -0.3 is 25.6 Å². The Balaban J connectivity index is 1.40. The van der Waals surface area contributed by atoms with E-state index in [9.17, 15) is 18.4 Å². The number of amides is 3. The number of ether oxygens (including phenoxy) is 1. The number of rotatable bonds is 12. The number of nitrogens with zero attached hydrogens (tertiary/aromatic N) is 3. The number of urea groups is 1. The van der Waals surface area contributed by atoms with Gasteiger partial charge >= 0.3 is 6.03 Å². The zero-order valence-electron chi connectivity index (χ0n) is 20.7.